The van der Waals surface area contributed by atoms with Crippen LogP contribution in [0.4, 0.5) is 0 Å². The van der Waals surface area contributed by atoms with E-state index in [2.05, 4.69) is 0 Å². The van der Waals surface area contributed by atoms with Crippen LogP contribution in [0.25, 0.3) is 0 Å². The monoisotopic (exact) mass is 219 g/mol. The van der Waals surface area contributed by atoms with Crippen LogP contribution in [-0.4, -0.2) is 13.3 Å². The van der Waals surface area contributed by atoms with Crippen molar-refractivity contribution in [3.8, 4) is 0 Å². The van der Waals surface area contributed by atoms with E-state index < -0.39 is 7.14 Å². The van der Waals surface area contributed by atoms with Gasteiger partial charge in [0.05, 0.1) is 0 Å². The molecule has 0 amide bonds. The molecule has 0 unspecified atom stereocenters. The van der Waals surface area contributed by atoms with Gasteiger partial charge in [-0.3, -0.25) is 0 Å². The van der Waals surface area contributed by atoms with E-state index in [1.165, 1.54) is 0 Å². The van der Waals surface area contributed by atoms with Crippen molar-refractivity contribution in [2.24, 2.45) is 5.73 Å². The van der Waals surface area contributed by atoms with Gasteiger partial charge in [0.15, 0.2) is 0 Å². The Morgan fingerprint density at radius 2 is 2.00 bits per heavy atom. The van der Waals surface area contributed by atoms with Crippen molar-refractivity contribution in [3.63, 3.8) is 0 Å². The lowest BCUT2D eigenvalue weighted by molar-refractivity contribution is 0.588. The van der Waals surface area contributed by atoms with Gasteiger partial charge < -0.3 is 10.3 Å². The molecule has 0 radical (unpaired) electrons. The van der Waals surface area contributed by atoms with Crippen molar-refractivity contribution in [1.29, 1.82) is 0 Å². The molecule has 2 nitrogen and oxygen atoms in total. The van der Waals surface area contributed by atoms with Gasteiger partial charge in [0, 0.05) is 11.8 Å². The van der Waals surface area contributed by atoms with E-state index in [1.54, 1.807) is 13.3 Å². The first-order chi connectivity index (χ1) is 5.54. The lowest BCUT2D eigenvalue weighted by atomic mass is 10.2. The predicted molar refractivity (Wildman–Crippen MR) is 60.7 cm³/mol. The molecule has 0 spiro atoms. The van der Waals surface area contributed by atoms with Gasteiger partial charge in [-0.05, 0) is 25.0 Å². The quantitative estimate of drug-likeness (QED) is 0.771. The molecule has 0 aliphatic rings. The second-order valence-electron chi connectivity index (χ2n) is 3.22. The van der Waals surface area contributed by atoms with Crippen molar-refractivity contribution in [1.82, 2.24) is 0 Å². The fourth-order valence-electron chi connectivity index (χ4n) is 1.02. The van der Waals surface area contributed by atoms with Gasteiger partial charge in [-0.15, -0.1) is 12.4 Å². The van der Waals surface area contributed by atoms with Crippen molar-refractivity contribution in [2.45, 2.75) is 6.54 Å². The molecule has 2 N–H and O–H groups in total. The molecule has 1 aromatic carbocycles. The number of halogens is 1. The Balaban J connectivity index is 0.00000144. The zero-order valence-corrected chi connectivity index (χ0v) is 9.57. The highest BCUT2D eigenvalue weighted by Gasteiger charge is 2.10. The molecule has 1 aromatic rings. The largest absolute Gasteiger partial charge is 0.326 e. The minimum atomic E-state index is -2.11. The van der Waals surface area contributed by atoms with Crippen molar-refractivity contribution in [3.05, 3.63) is 29.8 Å². The summed E-state index contributed by atoms with van der Waals surface area (Å²) in [6.07, 6.45) is 0. The number of benzene rings is 1. The van der Waals surface area contributed by atoms with Crippen molar-refractivity contribution in [2.75, 3.05) is 13.3 Å². The van der Waals surface area contributed by atoms with Crippen LogP contribution in [0.1, 0.15) is 5.56 Å². The number of rotatable bonds is 2. The van der Waals surface area contributed by atoms with Gasteiger partial charge in [-0.25, -0.2) is 0 Å². The van der Waals surface area contributed by atoms with Crippen LogP contribution in [0.5, 0.6) is 0 Å². The molecule has 0 aromatic heterocycles. The summed E-state index contributed by atoms with van der Waals surface area (Å²) in [5.74, 6) is 0. The summed E-state index contributed by atoms with van der Waals surface area (Å²) < 4.78 is 11.6. The second kappa shape index (κ2) is 4.80. The smallest absolute Gasteiger partial charge is 0.109 e. The summed E-state index contributed by atoms with van der Waals surface area (Å²) in [7, 11) is -2.11. The first-order valence-electron chi connectivity index (χ1n) is 3.88. The van der Waals surface area contributed by atoms with Crippen molar-refractivity contribution < 1.29 is 4.57 Å². The zero-order valence-electron chi connectivity index (χ0n) is 7.86. The van der Waals surface area contributed by atoms with E-state index >= 15 is 0 Å². The molecule has 0 aliphatic carbocycles. The highest BCUT2D eigenvalue weighted by atomic mass is 35.5. The Labute approximate surface area is 85.3 Å². The van der Waals surface area contributed by atoms with E-state index in [0.717, 1.165) is 10.9 Å². The maximum absolute atomic E-state index is 11.6. The van der Waals surface area contributed by atoms with E-state index in [0.29, 0.717) is 6.54 Å². The average molecular weight is 220 g/mol. The maximum Gasteiger partial charge on any atom is 0.109 e. The Morgan fingerprint density at radius 1 is 1.38 bits per heavy atom. The normalized spacial score (nSPS) is 10.7. The lowest BCUT2D eigenvalue weighted by Gasteiger charge is -2.07. The van der Waals surface area contributed by atoms with E-state index in [4.69, 9.17) is 5.73 Å². The highest BCUT2D eigenvalue weighted by Crippen LogP contribution is 2.34. The van der Waals surface area contributed by atoms with E-state index in [-0.39, 0.29) is 12.4 Å². The van der Waals surface area contributed by atoms with Crippen LogP contribution >= 0.6 is 19.5 Å². The minimum absolute atomic E-state index is 0. The highest BCUT2D eigenvalue weighted by molar-refractivity contribution is 7.70. The summed E-state index contributed by atoms with van der Waals surface area (Å²) >= 11 is 0. The van der Waals surface area contributed by atoms with Crippen LogP contribution in [0.3, 0.4) is 0 Å². The van der Waals surface area contributed by atoms with E-state index in [9.17, 15) is 4.57 Å². The fourth-order valence-corrected chi connectivity index (χ4v) is 1.94. The van der Waals surface area contributed by atoms with Gasteiger partial charge in [0.1, 0.15) is 7.14 Å². The molecule has 13 heavy (non-hydrogen) atoms. The molecule has 0 atom stereocenters. The maximum atomic E-state index is 11.6. The SMILES string of the molecule is CP(C)(=O)c1cccc(CN)c1.Cl. The van der Waals surface area contributed by atoms with Crippen LogP contribution in [-0.2, 0) is 11.1 Å². The molecule has 0 aliphatic heterocycles. The second-order valence-corrected chi connectivity index (χ2v) is 6.44. The Kier molecular flexibility index (Phi) is 4.69. The number of nitrogens with two attached hydrogens (primary N) is 1. The molecular weight excluding hydrogens is 205 g/mol. The number of hydrogen-bond donors (Lipinski definition) is 1. The molecular formula is C9H15ClNOP. The predicted octanol–water partition coefficient (Wildman–Crippen LogP) is 1.82. The fraction of sp³-hybridized carbons (Fsp3) is 0.333. The first-order valence-corrected chi connectivity index (χ1v) is 6.48. The summed E-state index contributed by atoms with van der Waals surface area (Å²) in [6.45, 7) is 4.04. The van der Waals surface area contributed by atoms with Gasteiger partial charge in [0.25, 0.3) is 0 Å². The van der Waals surface area contributed by atoms with Gasteiger partial charge in [-0.1, -0.05) is 18.2 Å². The topological polar surface area (TPSA) is 43.1 Å². The summed E-state index contributed by atoms with van der Waals surface area (Å²) in [5.41, 5.74) is 6.51. The first kappa shape index (κ1) is 12.7. The molecule has 4 heteroatoms. The van der Waals surface area contributed by atoms with Gasteiger partial charge in [0.2, 0.25) is 0 Å². The van der Waals surface area contributed by atoms with Crippen LogP contribution in [0, 0.1) is 0 Å². The van der Waals surface area contributed by atoms with Gasteiger partial charge in [-0.2, -0.15) is 0 Å². The van der Waals surface area contributed by atoms with Crippen molar-refractivity contribution >= 4 is 24.9 Å². The van der Waals surface area contributed by atoms with Crippen LogP contribution in [0.2, 0.25) is 0 Å². The Bertz CT molecular complexity index is 321. The van der Waals surface area contributed by atoms with Crippen LogP contribution < -0.4 is 11.0 Å². The average Bonchev–Trinajstić information content (AvgIpc) is 2.03. The third-order valence-electron chi connectivity index (χ3n) is 1.77. The molecule has 74 valence electrons. The molecule has 0 saturated carbocycles. The lowest BCUT2D eigenvalue weighted by Crippen LogP contribution is -2.06. The van der Waals surface area contributed by atoms with Crippen LogP contribution in [0.15, 0.2) is 24.3 Å². The molecule has 0 heterocycles. The molecule has 0 saturated heterocycles. The Hall–Kier alpha value is -0.300. The summed E-state index contributed by atoms with van der Waals surface area (Å²) in [5, 5.41) is 0.908. The summed E-state index contributed by atoms with van der Waals surface area (Å²) in [4.78, 5) is 0. The Morgan fingerprint density at radius 3 is 2.46 bits per heavy atom. The van der Waals surface area contributed by atoms with E-state index in [1.807, 2.05) is 24.3 Å². The third-order valence-corrected chi connectivity index (χ3v) is 3.29. The molecule has 1 rings (SSSR count). The molecule has 0 fully saturated rings. The zero-order chi connectivity index (χ0) is 9.19. The minimum Gasteiger partial charge on any atom is -0.326 e. The van der Waals surface area contributed by atoms with Gasteiger partial charge >= 0.3 is 0 Å². The standard InChI is InChI=1S/C9H14NOP.ClH/c1-12(2,11)9-5-3-4-8(6-9)7-10;/h3-6H,7,10H2,1-2H3;1H. The summed E-state index contributed by atoms with van der Waals surface area (Å²) in [6, 6.07) is 7.65. The third kappa shape index (κ3) is 3.51. The number of hydrogen-bond acceptors (Lipinski definition) is 2. The molecule has 0 bridgehead atoms.